The van der Waals surface area contributed by atoms with E-state index in [0.717, 1.165) is 0 Å². The average Bonchev–Trinajstić information content (AvgIpc) is 2.31. The smallest absolute Gasteiger partial charge is 0.258 e. The predicted molar refractivity (Wildman–Crippen MR) is 61.4 cm³/mol. The van der Waals surface area contributed by atoms with Gasteiger partial charge in [0, 0.05) is 17.8 Å². The van der Waals surface area contributed by atoms with E-state index in [1.54, 1.807) is 6.92 Å². The van der Waals surface area contributed by atoms with Gasteiger partial charge in [0.05, 0.1) is 18.5 Å². The molecule has 0 radical (unpaired) electrons. The Bertz CT molecular complexity index is 581. The molecule has 0 spiro atoms. The molecular weight excluding hydrogens is 223 g/mol. The predicted octanol–water partition coefficient (Wildman–Crippen LogP) is 1.97. The quantitative estimate of drug-likeness (QED) is 0.883. The van der Waals surface area contributed by atoms with Crippen LogP contribution in [0.4, 0.5) is 4.39 Å². The van der Waals surface area contributed by atoms with E-state index < -0.39 is 5.82 Å². The van der Waals surface area contributed by atoms with Crippen molar-refractivity contribution in [3.63, 3.8) is 0 Å². The zero-order chi connectivity index (χ0) is 12.3. The molecule has 0 aliphatic carbocycles. The third-order valence-corrected chi connectivity index (χ3v) is 2.25. The first-order valence-corrected chi connectivity index (χ1v) is 5.17. The van der Waals surface area contributed by atoms with Gasteiger partial charge < -0.3 is 9.72 Å². The molecule has 1 aromatic heterocycles. The highest BCUT2D eigenvalue weighted by molar-refractivity contribution is 5.68. The Labute approximate surface area is 97.1 Å². The van der Waals surface area contributed by atoms with Crippen LogP contribution in [0.5, 0.6) is 5.75 Å². The average molecular weight is 234 g/mol. The van der Waals surface area contributed by atoms with Gasteiger partial charge in [0.2, 0.25) is 0 Å². The van der Waals surface area contributed by atoms with Crippen LogP contribution in [0, 0.1) is 5.82 Å². The SMILES string of the molecule is CCOc1cc(F)ccc1-c1cnc[nH]c1=O. The van der Waals surface area contributed by atoms with Crippen molar-refractivity contribution in [2.45, 2.75) is 6.92 Å². The lowest BCUT2D eigenvalue weighted by Gasteiger charge is -2.09. The Hall–Kier alpha value is -2.17. The zero-order valence-electron chi connectivity index (χ0n) is 9.24. The van der Waals surface area contributed by atoms with E-state index in [2.05, 4.69) is 9.97 Å². The van der Waals surface area contributed by atoms with Gasteiger partial charge in [-0.1, -0.05) is 0 Å². The fraction of sp³-hybridized carbons (Fsp3) is 0.167. The zero-order valence-corrected chi connectivity index (χ0v) is 9.24. The van der Waals surface area contributed by atoms with E-state index in [0.29, 0.717) is 23.5 Å². The Morgan fingerprint density at radius 1 is 1.41 bits per heavy atom. The Balaban J connectivity index is 2.59. The lowest BCUT2D eigenvalue weighted by molar-refractivity contribution is 0.339. The van der Waals surface area contributed by atoms with Crippen LogP contribution in [0.1, 0.15) is 6.92 Å². The molecule has 0 amide bonds. The van der Waals surface area contributed by atoms with Gasteiger partial charge in [-0.15, -0.1) is 0 Å². The molecule has 1 heterocycles. The number of benzene rings is 1. The molecule has 0 atom stereocenters. The number of hydrogen-bond donors (Lipinski definition) is 1. The molecule has 4 nitrogen and oxygen atoms in total. The van der Waals surface area contributed by atoms with Gasteiger partial charge in [-0.25, -0.2) is 9.37 Å². The summed E-state index contributed by atoms with van der Waals surface area (Å²) in [5.74, 6) is -0.0662. The molecule has 2 rings (SSSR count). The summed E-state index contributed by atoms with van der Waals surface area (Å²) >= 11 is 0. The number of H-pyrrole nitrogens is 1. The van der Waals surface area contributed by atoms with Crippen LogP contribution in [0.25, 0.3) is 11.1 Å². The number of nitrogens with one attached hydrogen (secondary N) is 1. The molecular formula is C12H11FN2O2. The highest BCUT2D eigenvalue weighted by atomic mass is 19.1. The number of nitrogens with zero attached hydrogens (tertiary/aromatic N) is 1. The summed E-state index contributed by atoms with van der Waals surface area (Å²) in [6.45, 7) is 2.19. The second-order valence-electron chi connectivity index (χ2n) is 3.37. The van der Waals surface area contributed by atoms with Crippen molar-refractivity contribution in [1.82, 2.24) is 9.97 Å². The van der Waals surface area contributed by atoms with Crippen molar-refractivity contribution in [1.29, 1.82) is 0 Å². The van der Waals surface area contributed by atoms with Crippen LogP contribution in [-0.4, -0.2) is 16.6 Å². The maximum Gasteiger partial charge on any atom is 0.258 e. The first-order chi connectivity index (χ1) is 8.22. The molecule has 0 saturated heterocycles. The second kappa shape index (κ2) is 4.78. The summed E-state index contributed by atoms with van der Waals surface area (Å²) in [6, 6.07) is 4.04. The summed E-state index contributed by atoms with van der Waals surface area (Å²) in [5, 5.41) is 0. The second-order valence-corrected chi connectivity index (χ2v) is 3.37. The van der Waals surface area contributed by atoms with Crippen molar-refractivity contribution >= 4 is 0 Å². The molecule has 2 aromatic rings. The highest BCUT2D eigenvalue weighted by Gasteiger charge is 2.10. The van der Waals surface area contributed by atoms with Crippen molar-refractivity contribution in [3.05, 3.63) is 46.9 Å². The van der Waals surface area contributed by atoms with Gasteiger partial charge >= 0.3 is 0 Å². The van der Waals surface area contributed by atoms with Gasteiger partial charge in [0.15, 0.2) is 0 Å². The third-order valence-electron chi connectivity index (χ3n) is 2.25. The van der Waals surface area contributed by atoms with Crippen molar-refractivity contribution in [2.24, 2.45) is 0 Å². The Kier molecular flexibility index (Phi) is 3.18. The monoisotopic (exact) mass is 234 g/mol. The van der Waals surface area contributed by atoms with Gasteiger partial charge in [-0.3, -0.25) is 4.79 Å². The number of hydrogen-bond acceptors (Lipinski definition) is 3. The van der Waals surface area contributed by atoms with E-state index in [9.17, 15) is 9.18 Å². The highest BCUT2D eigenvalue weighted by Crippen LogP contribution is 2.28. The molecule has 0 saturated carbocycles. The molecule has 0 bridgehead atoms. The fourth-order valence-electron chi connectivity index (χ4n) is 1.53. The maximum atomic E-state index is 13.1. The van der Waals surface area contributed by atoms with Crippen molar-refractivity contribution in [2.75, 3.05) is 6.61 Å². The van der Waals surface area contributed by atoms with Crippen LogP contribution in [0.2, 0.25) is 0 Å². The number of rotatable bonds is 3. The molecule has 17 heavy (non-hydrogen) atoms. The molecule has 1 aromatic carbocycles. The fourth-order valence-corrected chi connectivity index (χ4v) is 1.53. The molecule has 0 unspecified atom stereocenters. The van der Waals surface area contributed by atoms with Crippen LogP contribution in [0.3, 0.4) is 0 Å². The van der Waals surface area contributed by atoms with E-state index in [1.807, 2.05) is 0 Å². The molecule has 0 aliphatic rings. The van der Waals surface area contributed by atoms with E-state index in [4.69, 9.17) is 4.74 Å². The lowest BCUT2D eigenvalue weighted by atomic mass is 10.1. The van der Waals surface area contributed by atoms with Crippen molar-refractivity contribution in [3.8, 4) is 16.9 Å². The van der Waals surface area contributed by atoms with E-state index in [1.165, 1.54) is 30.7 Å². The van der Waals surface area contributed by atoms with E-state index in [-0.39, 0.29) is 5.56 Å². The van der Waals surface area contributed by atoms with Crippen molar-refractivity contribution < 1.29 is 9.13 Å². The maximum absolute atomic E-state index is 13.1. The minimum Gasteiger partial charge on any atom is -0.493 e. The summed E-state index contributed by atoms with van der Waals surface area (Å²) in [4.78, 5) is 17.9. The van der Waals surface area contributed by atoms with Crippen LogP contribution < -0.4 is 10.3 Å². The summed E-state index contributed by atoms with van der Waals surface area (Å²) in [7, 11) is 0. The third kappa shape index (κ3) is 2.33. The van der Waals surface area contributed by atoms with Gasteiger partial charge in [-0.05, 0) is 19.1 Å². The Morgan fingerprint density at radius 3 is 2.94 bits per heavy atom. The topological polar surface area (TPSA) is 55.0 Å². The number of aromatic amines is 1. The molecule has 0 aliphatic heterocycles. The lowest BCUT2D eigenvalue weighted by Crippen LogP contribution is -2.09. The first kappa shape index (κ1) is 11.3. The van der Waals surface area contributed by atoms with Gasteiger partial charge in [-0.2, -0.15) is 0 Å². The Morgan fingerprint density at radius 2 is 2.24 bits per heavy atom. The number of halogens is 1. The summed E-state index contributed by atoms with van der Waals surface area (Å²) < 4.78 is 18.4. The van der Waals surface area contributed by atoms with Crippen LogP contribution in [-0.2, 0) is 0 Å². The first-order valence-electron chi connectivity index (χ1n) is 5.17. The molecule has 88 valence electrons. The number of ether oxygens (including phenoxy) is 1. The van der Waals surface area contributed by atoms with Crippen LogP contribution in [0.15, 0.2) is 35.5 Å². The van der Waals surface area contributed by atoms with E-state index >= 15 is 0 Å². The summed E-state index contributed by atoms with van der Waals surface area (Å²) in [6.07, 6.45) is 2.73. The minimum absolute atomic E-state index is 0.285. The summed E-state index contributed by atoms with van der Waals surface area (Å²) in [5.41, 5.74) is 0.603. The van der Waals surface area contributed by atoms with Crippen LogP contribution >= 0.6 is 0 Å². The minimum atomic E-state index is -0.405. The molecule has 5 heteroatoms. The largest absolute Gasteiger partial charge is 0.493 e. The van der Waals surface area contributed by atoms with Gasteiger partial charge in [0.25, 0.3) is 5.56 Å². The van der Waals surface area contributed by atoms with Gasteiger partial charge in [0.1, 0.15) is 11.6 Å². The molecule has 1 N–H and O–H groups in total. The molecule has 0 fully saturated rings. The normalized spacial score (nSPS) is 10.2. The standard InChI is InChI=1S/C12H11FN2O2/c1-2-17-11-5-8(13)3-4-9(11)10-6-14-7-15-12(10)16/h3-7H,2H2,1H3,(H,14,15,16). The number of aromatic nitrogens is 2.